The Morgan fingerprint density at radius 3 is 2.48 bits per heavy atom. The molecule has 1 heterocycles. The largest absolute Gasteiger partial charge is 0.456 e. The fourth-order valence-corrected chi connectivity index (χ4v) is 4.12. The fraction of sp³-hybridized carbons (Fsp3) is 0.333. The van der Waals surface area contributed by atoms with Crippen LogP contribution < -0.4 is 5.32 Å². The number of ketones is 1. The van der Waals surface area contributed by atoms with Gasteiger partial charge in [0.1, 0.15) is 12.1 Å². The number of aryl methyl sites for hydroxylation is 2. The number of benzene rings is 2. The molecule has 0 aromatic heterocycles. The van der Waals surface area contributed by atoms with E-state index in [1.807, 2.05) is 18.2 Å². The van der Waals surface area contributed by atoms with Crippen LogP contribution in [0.2, 0.25) is 0 Å². The minimum atomic E-state index is -1.25. The molecule has 1 fully saturated rings. The second kappa shape index (κ2) is 8.34. The van der Waals surface area contributed by atoms with E-state index in [9.17, 15) is 19.2 Å². The van der Waals surface area contributed by atoms with Gasteiger partial charge in [-0.1, -0.05) is 42.5 Å². The molecule has 4 rings (SSSR count). The van der Waals surface area contributed by atoms with Crippen LogP contribution in [0.3, 0.4) is 0 Å². The highest BCUT2D eigenvalue weighted by Gasteiger charge is 2.49. The molecule has 2 aromatic rings. The summed E-state index contributed by atoms with van der Waals surface area (Å²) in [6.07, 6.45) is 4.23. The average Bonchev–Trinajstić information content (AvgIpc) is 3.01. The number of nitrogens with one attached hydrogen (secondary N) is 1. The number of carbonyl (C=O) groups is 4. The van der Waals surface area contributed by atoms with E-state index in [0.717, 1.165) is 30.6 Å². The van der Waals surface area contributed by atoms with Crippen LogP contribution in [-0.4, -0.2) is 41.7 Å². The number of esters is 1. The molecule has 2 aliphatic rings. The first-order chi connectivity index (χ1) is 14.9. The van der Waals surface area contributed by atoms with Crippen molar-refractivity contribution in [1.82, 2.24) is 10.2 Å². The lowest BCUT2D eigenvalue weighted by atomic mass is 9.90. The molecule has 160 valence electrons. The van der Waals surface area contributed by atoms with Gasteiger partial charge in [0, 0.05) is 5.56 Å². The van der Waals surface area contributed by atoms with Crippen molar-refractivity contribution in [3.8, 4) is 0 Å². The standard InChI is InChI=1S/C24H24N2O5/c1-24(19-9-3-2-4-10-19)22(29)26(23(30)25-24)14-21(28)31-15-20(27)18-12-11-16-7-5-6-8-17(16)13-18/h2-4,9-13H,5-8,14-15H2,1H3,(H,25,30)/t24-/m0/s1. The topological polar surface area (TPSA) is 92.8 Å². The normalized spacial score (nSPS) is 20.2. The Morgan fingerprint density at radius 2 is 1.74 bits per heavy atom. The molecule has 7 nitrogen and oxygen atoms in total. The monoisotopic (exact) mass is 420 g/mol. The predicted octanol–water partition coefficient (Wildman–Crippen LogP) is 2.76. The molecule has 0 radical (unpaired) electrons. The summed E-state index contributed by atoms with van der Waals surface area (Å²) in [5.74, 6) is -1.66. The van der Waals surface area contributed by atoms with Gasteiger partial charge in [0.15, 0.2) is 12.4 Å². The van der Waals surface area contributed by atoms with Gasteiger partial charge in [0.2, 0.25) is 0 Å². The van der Waals surface area contributed by atoms with E-state index >= 15 is 0 Å². The molecule has 1 atom stereocenters. The van der Waals surface area contributed by atoms with Crippen LogP contribution in [0.15, 0.2) is 48.5 Å². The number of ether oxygens (including phenoxy) is 1. The first kappa shape index (κ1) is 20.8. The zero-order valence-corrected chi connectivity index (χ0v) is 17.3. The molecule has 1 aliphatic heterocycles. The number of urea groups is 1. The van der Waals surface area contributed by atoms with Crippen LogP contribution in [0.25, 0.3) is 0 Å². The second-order valence-electron chi connectivity index (χ2n) is 8.09. The minimum Gasteiger partial charge on any atom is -0.456 e. The van der Waals surface area contributed by atoms with Gasteiger partial charge in [-0.3, -0.25) is 19.3 Å². The summed E-state index contributed by atoms with van der Waals surface area (Å²) < 4.78 is 5.07. The molecule has 0 bridgehead atoms. The predicted molar refractivity (Wildman–Crippen MR) is 112 cm³/mol. The van der Waals surface area contributed by atoms with E-state index in [1.54, 1.807) is 37.3 Å². The summed E-state index contributed by atoms with van der Waals surface area (Å²) in [4.78, 5) is 50.7. The number of carbonyl (C=O) groups excluding carboxylic acids is 4. The van der Waals surface area contributed by atoms with Crippen molar-refractivity contribution in [2.24, 2.45) is 0 Å². The van der Waals surface area contributed by atoms with Crippen LogP contribution in [0.4, 0.5) is 4.79 Å². The first-order valence-electron chi connectivity index (χ1n) is 10.4. The van der Waals surface area contributed by atoms with Gasteiger partial charge in [-0.15, -0.1) is 0 Å². The highest BCUT2D eigenvalue weighted by atomic mass is 16.5. The Hall–Kier alpha value is -3.48. The number of hydrogen-bond acceptors (Lipinski definition) is 5. The molecule has 0 spiro atoms. The molecule has 1 N–H and O–H groups in total. The summed E-state index contributed by atoms with van der Waals surface area (Å²) in [6.45, 7) is 0.606. The van der Waals surface area contributed by atoms with Crippen molar-refractivity contribution in [2.45, 2.75) is 38.1 Å². The van der Waals surface area contributed by atoms with E-state index < -0.39 is 36.6 Å². The van der Waals surface area contributed by atoms with Crippen molar-refractivity contribution in [3.63, 3.8) is 0 Å². The van der Waals surface area contributed by atoms with E-state index in [4.69, 9.17) is 4.74 Å². The summed E-state index contributed by atoms with van der Waals surface area (Å²) in [5, 5.41) is 2.63. The molecule has 7 heteroatoms. The lowest BCUT2D eigenvalue weighted by Crippen LogP contribution is -2.41. The van der Waals surface area contributed by atoms with Gasteiger partial charge >= 0.3 is 12.0 Å². The summed E-state index contributed by atoms with van der Waals surface area (Å²) in [7, 11) is 0. The Balaban J connectivity index is 1.36. The highest BCUT2D eigenvalue weighted by Crippen LogP contribution is 2.28. The van der Waals surface area contributed by atoms with Gasteiger partial charge in [0.05, 0.1) is 0 Å². The third-order valence-corrected chi connectivity index (χ3v) is 5.95. The molecular formula is C24H24N2O5. The number of imide groups is 1. The molecule has 1 aliphatic carbocycles. The SMILES string of the molecule is C[C@@]1(c2ccccc2)NC(=O)N(CC(=O)OCC(=O)c2ccc3c(c2)CCCC3)C1=O. The van der Waals surface area contributed by atoms with Crippen LogP contribution in [0.1, 0.15) is 46.8 Å². The van der Waals surface area contributed by atoms with Gasteiger partial charge in [0.25, 0.3) is 5.91 Å². The van der Waals surface area contributed by atoms with Crippen LogP contribution >= 0.6 is 0 Å². The number of hydrogen-bond donors (Lipinski definition) is 1. The zero-order valence-electron chi connectivity index (χ0n) is 17.3. The average molecular weight is 420 g/mol. The number of nitrogens with zero attached hydrogens (tertiary/aromatic N) is 1. The Bertz CT molecular complexity index is 1050. The Labute approximate surface area is 180 Å². The maximum Gasteiger partial charge on any atom is 0.326 e. The molecule has 0 unspecified atom stereocenters. The molecular weight excluding hydrogens is 396 g/mol. The van der Waals surface area contributed by atoms with Gasteiger partial charge in [-0.05, 0) is 55.4 Å². The summed E-state index contributed by atoms with van der Waals surface area (Å²) in [5.41, 5.74) is 2.30. The van der Waals surface area contributed by atoms with Crippen LogP contribution in [-0.2, 0) is 32.7 Å². The third kappa shape index (κ3) is 4.08. The maximum absolute atomic E-state index is 12.8. The lowest BCUT2D eigenvalue weighted by molar-refractivity contribution is -0.146. The van der Waals surface area contributed by atoms with E-state index in [0.29, 0.717) is 11.1 Å². The molecule has 0 saturated carbocycles. The van der Waals surface area contributed by atoms with Crippen molar-refractivity contribution in [3.05, 3.63) is 70.8 Å². The lowest BCUT2D eigenvalue weighted by Gasteiger charge is -2.21. The van der Waals surface area contributed by atoms with Crippen molar-refractivity contribution in [2.75, 3.05) is 13.2 Å². The first-order valence-corrected chi connectivity index (χ1v) is 10.4. The van der Waals surface area contributed by atoms with E-state index in [1.165, 1.54) is 11.1 Å². The number of fused-ring (bicyclic) bond motifs is 1. The Morgan fingerprint density at radius 1 is 1.03 bits per heavy atom. The fourth-order valence-electron chi connectivity index (χ4n) is 4.12. The van der Waals surface area contributed by atoms with Crippen molar-refractivity contribution < 1.29 is 23.9 Å². The Kier molecular flexibility index (Phi) is 5.59. The van der Waals surface area contributed by atoms with Gasteiger partial charge < -0.3 is 10.1 Å². The summed E-state index contributed by atoms with van der Waals surface area (Å²) >= 11 is 0. The summed E-state index contributed by atoms with van der Waals surface area (Å²) in [6, 6.07) is 13.7. The number of rotatable bonds is 6. The second-order valence-corrected chi connectivity index (χ2v) is 8.09. The molecule has 1 saturated heterocycles. The number of Topliss-reactive ketones (excluding diaryl/α,β-unsaturated/α-hetero) is 1. The molecule has 31 heavy (non-hydrogen) atoms. The van der Waals surface area contributed by atoms with Gasteiger partial charge in [-0.2, -0.15) is 0 Å². The van der Waals surface area contributed by atoms with Crippen molar-refractivity contribution >= 4 is 23.7 Å². The quantitative estimate of drug-likeness (QED) is 0.441. The highest BCUT2D eigenvalue weighted by molar-refractivity contribution is 6.09. The molecule has 2 aromatic carbocycles. The smallest absolute Gasteiger partial charge is 0.326 e. The van der Waals surface area contributed by atoms with Crippen molar-refractivity contribution in [1.29, 1.82) is 0 Å². The zero-order chi connectivity index (χ0) is 22.0. The van der Waals surface area contributed by atoms with Crippen LogP contribution in [0, 0.1) is 0 Å². The minimum absolute atomic E-state index is 0.312. The van der Waals surface area contributed by atoms with E-state index in [-0.39, 0.29) is 5.78 Å². The maximum atomic E-state index is 12.8. The third-order valence-electron chi connectivity index (χ3n) is 5.95. The molecule has 3 amide bonds. The van der Waals surface area contributed by atoms with Crippen LogP contribution in [0.5, 0.6) is 0 Å². The number of amides is 3. The van der Waals surface area contributed by atoms with Gasteiger partial charge in [-0.25, -0.2) is 4.79 Å². The van der Waals surface area contributed by atoms with E-state index in [2.05, 4.69) is 5.32 Å².